The number of benzene rings is 1. The average molecular weight is 549 g/mol. The maximum Gasteiger partial charge on any atom is 0.270 e. The Labute approximate surface area is 233 Å². The molecule has 0 bridgehead atoms. The third-order valence-electron chi connectivity index (χ3n) is 7.81. The predicted octanol–water partition coefficient (Wildman–Crippen LogP) is 4.40. The Morgan fingerprint density at radius 2 is 1.92 bits per heavy atom. The molecule has 9 heteroatoms. The number of nitriles is 1. The summed E-state index contributed by atoms with van der Waals surface area (Å²) in [5, 5.41) is 9.77. The highest BCUT2D eigenvalue weighted by Crippen LogP contribution is 2.37. The summed E-state index contributed by atoms with van der Waals surface area (Å²) < 4.78 is 7.81. The van der Waals surface area contributed by atoms with Crippen molar-refractivity contribution in [2.45, 2.75) is 45.1 Å². The van der Waals surface area contributed by atoms with Gasteiger partial charge in [0.25, 0.3) is 11.5 Å². The minimum Gasteiger partial charge on any atom is -0.376 e. The second-order valence-electron chi connectivity index (χ2n) is 10.3. The number of rotatable bonds is 6. The first-order chi connectivity index (χ1) is 18.4. The molecule has 0 N–H and O–H groups in total. The number of nitrogens with zero attached hydrogens (tertiary/aromatic N) is 4. The summed E-state index contributed by atoms with van der Waals surface area (Å²) >= 11 is 6.83. The lowest BCUT2D eigenvalue weighted by Gasteiger charge is -2.36. The molecule has 3 fully saturated rings. The van der Waals surface area contributed by atoms with Crippen molar-refractivity contribution < 1.29 is 9.53 Å². The van der Waals surface area contributed by atoms with Gasteiger partial charge in [-0.15, -0.1) is 0 Å². The van der Waals surface area contributed by atoms with E-state index in [1.54, 1.807) is 23.4 Å². The van der Waals surface area contributed by atoms with Crippen LogP contribution in [0.5, 0.6) is 0 Å². The number of carbonyl (C=O) groups is 1. The summed E-state index contributed by atoms with van der Waals surface area (Å²) in [6.07, 6.45) is 6.81. The Balaban J connectivity index is 1.44. The second-order valence-corrected chi connectivity index (χ2v) is 11.9. The first-order valence-corrected chi connectivity index (χ1v) is 14.4. The molecular weight excluding hydrogens is 516 g/mol. The summed E-state index contributed by atoms with van der Waals surface area (Å²) in [6.45, 7) is 4.58. The van der Waals surface area contributed by atoms with Gasteiger partial charge >= 0.3 is 0 Å². The third kappa shape index (κ3) is 5.31. The monoisotopic (exact) mass is 548 g/mol. The summed E-state index contributed by atoms with van der Waals surface area (Å²) in [4.78, 5) is 30.9. The zero-order valence-electron chi connectivity index (χ0n) is 21.8. The van der Waals surface area contributed by atoms with Gasteiger partial charge < -0.3 is 9.64 Å². The van der Waals surface area contributed by atoms with Crippen LogP contribution in [-0.4, -0.2) is 52.0 Å². The first-order valence-electron chi connectivity index (χ1n) is 13.2. The fraction of sp³-hybridized carbons (Fsp3) is 0.448. The molecule has 5 rings (SSSR count). The number of amides is 1. The summed E-state index contributed by atoms with van der Waals surface area (Å²) in [7, 11) is 1.72. The van der Waals surface area contributed by atoms with Crippen LogP contribution in [0.25, 0.3) is 6.08 Å². The van der Waals surface area contributed by atoms with Crippen LogP contribution in [-0.2, 0) is 23.0 Å². The molecule has 7 nitrogen and oxygen atoms in total. The van der Waals surface area contributed by atoms with E-state index in [1.807, 2.05) is 12.1 Å². The van der Waals surface area contributed by atoms with E-state index in [9.17, 15) is 14.9 Å². The zero-order valence-corrected chi connectivity index (χ0v) is 23.4. The summed E-state index contributed by atoms with van der Waals surface area (Å²) in [5.74, 6) is 1.19. The molecule has 2 aromatic rings. The van der Waals surface area contributed by atoms with E-state index in [1.165, 1.54) is 17.3 Å². The lowest BCUT2D eigenvalue weighted by Crippen LogP contribution is -2.39. The van der Waals surface area contributed by atoms with Gasteiger partial charge in [-0.05, 0) is 62.1 Å². The second kappa shape index (κ2) is 11.4. The smallest absolute Gasteiger partial charge is 0.270 e. The number of aromatic nitrogens is 1. The van der Waals surface area contributed by atoms with Crippen LogP contribution in [0.4, 0.5) is 5.82 Å². The van der Waals surface area contributed by atoms with Gasteiger partial charge in [-0.25, -0.2) is 0 Å². The molecule has 1 atom stereocenters. The van der Waals surface area contributed by atoms with E-state index in [2.05, 4.69) is 35.2 Å². The molecule has 1 aromatic heterocycles. The van der Waals surface area contributed by atoms with Crippen molar-refractivity contribution >= 4 is 46.1 Å². The van der Waals surface area contributed by atoms with Gasteiger partial charge in [0.15, 0.2) is 0 Å². The molecule has 0 unspecified atom stereocenters. The van der Waals surface area contributed by atoms with Crippen LogP contribution in [0.15, 0.2) is 40.0 Å². The maximum atomic E-state index is 13.4. The molecule has 0 saturated carbocycles. The summed E-state index contributed by atoms with van der Waals surface area (Å²) in [5.41, 5.74) is 2.48. The van der Waals surface area contributed by atoms with Crippen molar-refractivity contribution in [3.8, 4) is 6.07 Å². The Kier molecular flexibility index (Phi) is 8.03. The van der Waals surface area contributed by atoms with Crippen LogP contribution in [0.2, 0.25) is 0 Å². The number of ether oxygens (including phenoxy) is 1. The van der Waals surface area contributed by atoms with Crippen LogP contribution in [0.3, 0.4) is 0 Å². The van der Waals surface area contributed by atoms with E-state index < -0.39 is 0 Å². The molecule has 4 heterocycles. The van der Waals surface area contributed by atoms with Crippen molar-refractivity contribution in [2.24, 2.45) is 13.0 Å². The SMILES string of the molecule is Cc1c(/C=C2\SC(=S)N(C[C@H]3CCCO3)C2=O)c(N2CCC(Cc3ccccc3)CC2)n(C)c(=O)c1C#N. The average Bonchev–Trinajstić information content (AvgIpc) is 3.53. The fourth-order valence-electron chi connectivity index (χ4n) is 5.67. The minimum absolute atomic E-state index is 0.00840. The third-order valence-corrected chi connectivity index (χ3v) is 9.19. The number of piperidine rings is 1. The molecule has 0 radical (unpaired) electrons. The number of carbonyl (C=O) groups excluding carboxylic acids is 1. The van der Waals surface area contributed by atoms with E-state index >= 15 is 0 Å². The van der Waals surface area contributed by atoms with Crippen molar-refractivity contribution in [3.05, 3.63) is 67.8 Å². The number of hydrogen-bond donors (Lipinski definition) is 0. The standard InChI is InChI=1S/C29H32N4O3S2/c1-19-23(16-25-28(35)33(29(37)38-25)18-22-9-6-14-36-22)26(31(2)27(34)24(19)17-30)32-12-10-21(11-13-32)15-20-7-4-3-5-8-20/h3-5,7-8,16,21-22H,6,9-15,18H2,1-2H3/b25-16-/t22-/m1/s1. The van der Waals surface area contributed by atoms with Gasteiger partial charge in [-0.1, -0.05) is 54.3 Å². The van der Waals surface area contributed by atoms with Gasteiger partial charge in [0.2, 0.25) is 0 Å². The van der Waals surface area contributed by atoms with Crippen molar-refractivity contribution in [3.63, 3.8) is 0 Å². The molecule has 1 amide bonds. The molecule has 38 heavy (non-hydrogen) atoms. The molecule has 0 spiro atoms. The highest BCUT2D eigenvalue weighted by Gasteiger charge is 2.35. The van der Waals surface area contributed by atoms with Crippen molar-refractivity contribution in [1.82, 2.24) is 9.47 Å². The van der Waals surface area contributed by atoms with Gasteiger partial charge in [0.05, 0.1) is 17.6 Å². The molecule has 3 aliphatic rings. The van der Waals surface area contributed by atoms with Gasteiger partial charge in [0.1, 0.15) is 21.8 Å². The first kappa shape index (κ1) is 26.7. The Morgan fingerprint density at radius 1 is 1.18 bits per heavy atom. The highest BCUT2D eigenvalue weighted by atomic mass is 32.2. The molecule has 3 saturated heterocycles. The largest absolute Gasteiger partial charge is 0.376 e. The quantitative estimate of drug-likeness (QED) is 0.391. The van der Waals surface area contributed by atoms with Crippen molar-refractivity contribution in [2.75, 3.05) is 31.1 Å². The number of thiocarbonyl (C=S) groups is 1. The van der Waals surface area contributed by atoms with E-state index in [-0.39, 0.29) is 23.1 Å². The minimum atomic E-state index is -0.311. The van der Waals surface area contributed by atoms with Crippen LogP contribution >= 0.6 is 24.0 Å². The predicted molar refractivity (Wildman–Crippen MR) is 155 cm³/mol. The van der Waals surface area contributed by atoms with Gasteiger partial charge in [-0.3, -0.25) is 19.1 Å². The number of pyridine rings is 1. The van der Waals surface area contributed by atoms with E-state index in [4.69, 9.17) is 17.0 Å². The maximum absolute atomic E-state index is 13.4. The molecule has 0 aliphatic carbocycles. The number of thioether (sulfide) groups is 1. The fourth-order valence-corrected chi connectivity index (χ4v) is 6.93. The van der Waals surface area contributed by atoms with Crippen LogP contribution in [0.1, 0.15) is 47.9 Å². The van der Waals surface area contributed by atoms with E-state index in [0.29, 0.717) is 27.3 Å². The normalized spacial score (nSPS) is 21.5. The number of hydrogen-bond acceptors (Lipinski definition) is 7. The lowest BCUT2D eigenvalue weighted by atomic mass is 9.90. The van der Waals surface area contributed by atoms with Gasteiger partial charge in [0, 0.05) is 32.3 Å². The van der Waals surface area contributed by atoms with Gasteiger partial charge in [-0.2, -0.15) is 5.26 Å². The highest BCUT2D eigenvalue weighted by molar-refractivity contribution is 8.26. The topological polar surface area (TPSA) is 78.6 Å². The number of anilines is 1. The molecule has 3 aliphatic heterocycles. The molecular formula is C29H32N4O3S2. The Hall–Kier alpha value is -2.93. The van der Waals surface area contributed by atoms with E-state index in [0.717, 1.165) is 63.2 Å². The Bertz CT molecular complexity index is 1360. The van der Waals surface area contributed by atoms with Crippen LogP contribution in [0, 0.1) is 24.2 Å². The van der Waals surface area contributed by atoms with Crippen LogP contribution < -0.4 is 10.5 Å². The zero-order chi connectivity index (χ0) is 26.8. The molecule has 1 aromatic carbocycles. The Morgan fingerprint density at radius 3 is 2.58 bits per heavy atom. The lowest BCUT2D eigenvalue weighted by molar-refractivity contribution is -0.123. The van der Waals surface area contributed by atoms with Crippen molar-refractivity contribution in [1.29, 1.82) is 5.26 Å². The molecule has 198 valence electrons. The summed E-state index contributed by atoms with van der Waals surface area (Å²) in [6, 6.07) is 12.6.